The van der Waals surface area contributed by atoms with Crippen LogP contribution in [0.1, 0.15) is 16.1 Å². The SMILES string of the molecule is COc1ccc(OC)c(C=NNC(=O)c2cc(-c3cccc4ccccc34)n[nH]2)c1. The standard InChI is InChI=1S/C23H20N4O3/c1-29-17-10-11-22(30-2)16(12-17)14-24-27-23(28)21-13-20(25-26-21)19-9-5-7-15-6-3-4-8-18(15)19/h3-14H,1-2H3,(H,25,26)(H,27,28). The summed E-state index contributed by atoms with van der Waals surface area (Å²) in [6, 6.07) is 21.1. The summed E-state index contributed by atoms with van der Waals surface area (Å²) in [7, 11) is 3.15. The number of hydrogen-bond donors (Lipinski definition) is 2. The molecule has 0 unspecified atom stereocenters. The van der Waals surface area contributed by atoms with Gasteiger partial charge >= 0.3 is 0 Å². The average molecular weight is 400 g/mol. The van der Waals surface area contributed by atoms with E-state index in [1.165, 1.54) is 6.21 Å². The zero-order chi connectivity index (χ0) is 20.9. The Hall–Kier alpha value is -4.13. The van der Waals surface area contributed by atoms with Crippen molar-refractivity contribution in [3.05, 3.63) is 78.0 Å². The highest BCUT2D eigenvalue weighted by molar-refractivity contribution is 5.98. The van der Waals surface area contributed by atoms with E-state index >= 15 is 0 Å². The van der Waals surface area contributed by atoms with E-state index in [2.05, 4.69) is 20.7 Å². The summed E-state index contributed by atoms with van der Waals surface area (Å²) in [4.78, 5) is 12.5. The van der Waals surface area contributed by atoms with Gasteiger partial charge in [0.2, 0.25) is 0 Å². The van der Waals surface area contributed by atoms with E-state index in [9.17, 15) is 4.79 Å². The maximum absolute atomic E-state index is 12.5. The zero-order valence-electron chi connectivity index (χ0n) is 16.5. The predicted octanol–water partition coefficient (Wildman–Crippen LogP) is 4.01. The zero-order valence-corrected chi connectivity index (χ0v) is 16.5. The van der Waals surface area contributed by atoms with Gasteiger partial charge < -0.3 is 9.47 Å². The van der Waals surface area contributed by atoms with Crippen LogP contribution >= 0.6 is 0 Å². The maximum Gasteiger partial charge on any atom is 0.289 e. The Balaban J connectivity index is 1.52. The van der Waals surface area contributed by atoms with Gasteiger partial charge in [0.1, 0.15) is 17.2 Å². The second-order valence-corrected chi connectivity index (χ2v) is 6.50. The number of nitrogens with zero attached hydrogens (tertiary/aromatic N) is 2. The summed E-state index contributed by atoms with van der Waals surface area (Å²) in [5.41, 5.74) is 5.13. The molecule has 0 spiro atoms. The Morgan fingerprint density at radius 3 is 2.70 bits per heavy atom. The molecule has 0 saturated carbocycles. The number of carbonyl (C=O) groups is 1. The Bertz CT molecular complexity index is 1220. The molecule has 150 valence electrons. The van der Waals surface area contributed by atoms with Crippen molar-refractivity contribution in [3.63, 3.8) is 0 Å². The van der Waals surface area contributed by atoms with Crippen molar-refractivity contribution in [2.24, 2.45) is 5.10 Å². The van der Waals surface area contributed by atoms with Crippen LogP contribution in [0.2, 0.25) is 0 Å². The normalized spacial score (nSPS) is 11.0. The molecule has 4 aromatic rings. The third kappa shape index (κ3) is 3.86. The van der Waals surface area contributed by atoms with E-state index in [0.29, 0.717) is 28.5 Å². The number of hydrogen-bond acceptors (Lipinski definition) is 5. The lowest BCUT2D eigenvalue weighted by atomic mass is 10.0. The number of hydrazone groups is 1. The van der Waals surface area contributed by atoms with E-state index in [4.69, 9.17) is 9.47 Å². The van der Waals surface area contributed by atoms with E-state index in [1.807, 2.05) is 42.5 Å². The van der Waals surface area contributed by atoms with Gasteiger partial charge in [0.15, 0.2) is 0 Å². The van der Waals surface area contributed by atoms with Crippen molar-refractivity contribution >= 4 is 22.9 Å². The fourth-order valence-electron chi connectivity index (χ4n) is 3.19. The van der Waals surface area contributed by atoms with E-state index < -0.39 is 5.91 Å². The molecule has 1 heterocycles. The molecule has 0 aliphatic heterocycles. The minimum Gasteiger partial charge on any atom is -0.497 e. The molecule has 7 heteroatoms. The highest BCUT2D eigenvalue weighted by atomic mass is 16.5. The summed E-state index contributed by atoms with van der Waals surface area (Å²) in [6.07, 6.45) is 1.50. The first-order valence-electron chi connectivity index (χ1n) is 9.28. The van der Waals surface area contributed by atoms with Gasteiger partial charge in [0.25, 0.3) is 5.91 Å². The number of aromatic nitrogens is 2. The summed E-state index contributed by atoms with van der Waals surface area (Å²) >= 11 is 0. The monoisotopic (exact) mass is 400 g/mol. The van der Waals surface area contributed by atoms with Crippen molar-refractivity contribution in [3.8, 4) is 22.8 Å². The van der Waals surface area contributed by atoms with Crippen LogP contribution in [0.3, 0.4) is 0 Å². The van der Waals surface area contributed by atoms with Crippen LogP contribution < -0.4 is 14.9 Å². The van der Waals surface area contributed by atoms with Crippen molar-refractivity contribution in [2.75, 3.05) is 14.2 Å². The fourth-order valence-corrected chi connectivity index (χ4v) is 3.19. The summed E-state index contributed by atoms with van der Waals surface area (Å²) in [6.45, 7) is 0. The molecular formula is C23H20N4O3. The number of nitrogens with one attached hydrogen (secondary N) is 2. The first kappa shape index (κ1) is 19.2. The number of rotatable bonds is 6. The number of carbonyl (C=O) groups excluding carboxylic acids is 1. The largest absolute Gasteiger partial charge is 0.497 e. The van der Waals surface area contributed by atoms with Crippen LogP contribution in [0.4, 0.5) is 0 Å². The van der Waals surface area contributed by atoms with Gasteiger partial charge in [-0.05, 0) is 35.0 Å². The predicted molar refractivity (Wildman–Crippen MR) is 116 cm³/mol. The number of methoxy groups -OCH3 is 2. The van der Waals surface area contributed by atoms with Crippen molar-refractivity contribution in [2.45, 2.75) is 0 Å². The third-order valence-corrected chi connectivity index (χ3v) is 4.69. The van der Waals surface area contributed by atoms with E-state index in [-0.39, 0.29) is 0 Å². The lowest BCUT2D eigenvalue weighted by Crippen LogP contribution is -2.18. The molecule has 0 aliphatic carbocycles. The maximum atomic E-state index is 12.5. The third-order valence-electron chi connectivity index (χ3n) is 4.69. The van der Waals surface area contributed by atoms with Gasteiger partial charge in [-0.3, -0.25) is 9.89 Å². The number of benzene rings is 3. The Kier molecular flexibility index (Phi) is 5.43. The van der Waals surface area contributed by atoms with Crippen LogP contribution in [0.5, 0.6) is 11.5 Å². The second-order valence-electron chi connectivity index (χ2n) is 6.50. The average Bonchev–Trinajstić information content (AvgIpc) is 3.28. The van der Waals surface area contributed by atoms with Crippen molar-refractivity contribution in [1.82, 2.24) is 15.6 Å². The van der Waals surface area contributed by atoms with Crippen molar-refractivity contribution < 1.29 is 14.3 Å². The van der Waals surface area contributed by atoms with Crippen LogP contribution in [-0.2, 0) is 0 Å². The number of fused-ring (bicyclic) bond motifs is 1. The number of ether oxygens (including phenoxy) is 2. The highest BCUT2D eigenvalue weighted by Crippen LogP contribution is 2.27. The molecule has 0 radical (unpaired) electrons. The first-order valence-corrected chi connectivity index (χ1v) is 9.28. The molecule has 0 aliphatic rings. The quantitative estimate of drug-likeness (QED) is 0.378. The number of amides is 1. The van der Waals surface area contributed by atoms with Crippen LogP contribution in [0.25, 0.3) is 22.0 Å². The van der Waals surface area contributed by atoms with Gasteiger partial charge in [0.05, 0.1) is 26.1 Å². The summed E-state index contributed by atoms with van der Waals surface area (Å²) in [5.74, 6) is 0.887. The lowest BCUT2D eigenvalue weighted by molar-refractivity contribution is 0.0950. The molecule has 1 amide bonds. The lowest BCUT2D eigenvalue weighted by Gasteiger charge is -2.06. The van der Waals surface area contributed by atoms with Gasteiger partial charge in [-0.25, -0.2) is 5.43 Å². The van der Waals surface area contributed by atoms with Gasteiger partial charge in [0, 0.05) is 11.1 Å². The van der Waals surface area contributed by atoms with Crippen LogP contribution in [0.15, 0.2) is 71.8 Å². The molecule has 0 fully saturated rings. The molecule has 0 atom stereocenters. The molecular weight excluding hydrogens is 380 g/mol. The summed E-state index contributed by atoms with van der Waals surface area (Å²) in [5, 5.41) is 13.3. The molecule has 0 saturated heterocycles. The Morgan fingerprint density at radius 1 is 1.03 bits per heavy atom. The Morgan fingerprint density at radius 2 is 1.87 bits per heavy atom. The number of H-pyrrole nitrogens is 1. The molecule has 3 aromatic carbocycles. The van der Waals surface area contributed by atoms with Gasteiger partial charge in [-0.2, -0.15) is 10.2 Å². The minimum absolute atomic E-state index is 0.313. The molecule has 7 nitrogen and oxygen atoms in total. The number of aromatic amines is 1. The fraction of sp³-hybridized carbons (Fsp3) is 0.0870. The molecule has 1 aromatic heterocycles. The van der Waals surface area contributed by atoms with E-state index in [1.54, 1.807) is 38.5 Å². The van der Waals surface area contributed by atoms with Gasteiger partial charge in [-0.15, -0.1) is 0 Å². The van der Waals surface area contributed by atoms with Gasteiger partial charge in [-0.1, -0.05) is 42.5 Å². The van der Waals surface area contributed by atoms with E-state index in [0.717, 1.165) is 16.3 Å². The smallest absolute Gasteiger partial charge is 0.289 e. The van der Waals surface area contributed by atoms with Crippen LogP contribution in [0, 0.1) is 0 Å². The molecule has 4 rings (SSSR count). The Labute approximate surface area is 173 Å². The van der Waals surface area contributed by atoms with Crippen molar-refractivity contribution in [1.29, 1.82) is 0 Å². The summed E-state index contributed by atoms with van der Waals surface area (Å²) < 4.78 is 10.5. The first-order chi connectivity index (χ1) is 14.7. The van der Waals surface area contributed by atoms with Crippen LogP contribution in [-0.4, -0.2) is 36.5 Å². The minimum atomic E-state index is -0.396. The second kappa shape index (κ2) is 8.48. The highest BCUT2D eigenvalue weighted by Gasteiger charge is 2.12. The molecule has 0 bridgehead atoms. The molecule has 2 N–H and O–H groups in total. The molecule has 30 heavy (non-hydrogen) atoms. The topological polar surface area (TPSA) is 88.6 Å².